The number of rotatable bonds is 2. The zero-order chi connectivity index (χ0) is 12.5. The van der Waals surface area contributed by atoms with Crippen molar-refractivity contribution in [3.8, 4) is 0 Å². The normalized spacial score (nSPS) is 17.4. The predicted octanol–water partition coefficient (Wildman–Crippen LogP) is 4.56. The van der Waals surface area contributed by atoms with E-state index in [9.17, 15) is 0 Å². The Kier molecular flexibility index (Phi) is 3.73. The lowest BCUT2D eigenvalue weighted by Crippen LogP contribution is -2.12. The first-order chi connectivity index (χ1) is 8.72. The molecule has 0 spiro atoms. The Balaban J connectivity index is 1.84. The largest absolute Gasteiger partial charge is 0.342 e. The highest BCUT2D eigenvalue weighted by Crippen LogP contribution is 2.29. The van der Waals surface area contributed by atoms with Crippen molar-refractivity contribution in [2.24, 2.45) is 5.92 Å². The van der Waals surface area contributed by atoms with Gasteiger partial charge in [-0.2, -0.15) is 11.8 Å². The van der Waals surface area contributed by atoms with E-state index in [-0.39, 0.29) is 0 Å². The van der Waals surface area contributed by atoms with Crippen molar-refractivity contribution in [3.63, 3.8) is 0 Å². The number of halogens is 2. The molecule has 1 saturated heterocycles. The predicted molar refractivity (Wildman–Crippen MR) is 79.9 cm³/mol. The van der Waals surface area contributed by atoms with Crippen LogP contribution < -0.4 is 0 Å². The van der Waals surface area contributed by atoms with Gasteiger partial charge in [0.25, 0.3) is 0 Å². The summed E-state index contributed by atoms with van der Waals surface area (Å²) in [5.74, 6) is 4.38. The number of hydrogen-bond donors (Lipinski definition) is 1. The Morgan fingerprint density at radius 1 is 1.22 bits per heavy atom. The molecule has 1 aromatic carbocycles. The third kappa shape index (κ3) is 2.63. The highest BCUT2D eigenvalue weighted by molar-refractivity contribution is 7.99. The van der Waals surface area contributed by atoms with E-state index in [4.69, 9.17) is 23.2 Å². The minimum absolute atomic E-state index is 0.566. The molecule has 2 nitrogen and oxygen atoms in total. The van der Waals surface area contributed by atoms with E-state index in [1.807, 2.05) is 12.1 Å². The van der Waals surface area contributed by atoms with Crippen LogP contribution in [0.25, 0.3) is 11.0 Å². The molecule has 18 heavy (non-hydrogen) atoms. The van der Waals surface area contributed by atoms with Crippen LogP contribution in [0.5, 0.6) is 0 Å². The van der Waals surface area contributed by atoms with Crippen molar-refractivity contribution < 1.29 is 0 Å². The summed E-state index contributed by atoms with van der Waals surface area (Å²) in [6.07, 6.45) is 3.62. The summed E-state index contributed by atoms with van der Waals surface area (Å²) in [4.78, 5) is 7.95. The SMILES string of the molecule is Clc1cc2nc(CC3CCSCC3)[nH]c2cc1Cl. The molecule has 5 heteroatoms. The Bertz CT molecular complexity index is 522. The lowest BCUT2D eigenvalue weighted by molar-refractivity contribution is 0.478. The molecular formula is C13H14Cl2N2S. The van der Waals surface area contributed by atoms with Crippen molar-refractivity contribution in [2.75, 3.05) is 11.5 Å². The number of nitrogens with one attached hydrogen (secondary N) is 1. The van der Waals surface area contributed by atoms with E-state index in [0.717, 1.165) is 29.2 Å². The van der Waals surface area contributed by atoms with Crippen molar-refractivity contribution in [2.45, 2.75) is 19.3 Å². The van der Waals surface area contributed by atoms with Gasteiger partial charge in [0.1, 0.15) is 5.82 Å². The zero-order valence-electron chi connectivity index (χ0n) is 9.88. The smallest absolute Gasteiger partial charge is 0.107 e. The van der Waals surface area contributed by atoms with Gasteiger partial charge in [-0.3, -0.25) is 0 Å². The van der Waals surface area contributed by atoms with E-state index in [0.29, 0.717) is 10.0 Å². The maximum absolute atomic E-state index is 6.01. The fraction of sp³-hybridized carbons (Fsp3) is 0.462. The lowest BCUT2D eigenvalue weighted by atomic mass is 9.99. The number of hydrogen-bond acceptors (Lipinski definition) is 2. The van der Waals surface area contributed by atoms with Crippen molar-refractivity contribution in [3.05, 3.63) is 28.0 Å². The van der Waals surface area contributed by atoms with Gasteiger partial charge in [0.15, 0.2) is 0 Å². The van der Waals surface area contributed by atoms with Gasteiger partial charge in [0.2, 0.25) is 0 Å². The Morgan fingerprint density at radius 3 is 2.72 bits per heavy atom. The number of nitrogens with zero attached hydrogens (tertiary/aromatic N) is 1. The summed E-state index contributed by atoms with van der Waals surface area (Å²) in [6, 6.07) is 3.68. The molecule has 1 aliphatic rings. The number of aromatic nitrogens is 2. The third-order valence-electron chi connectivity index (χ3n) is 3.40. The molecule has 2 aromatic rings. The van der Waals surface area contributed by atoms with Crippen LogP contribution in [0.1, 0.15) is 18.7 Å². The van der Waals surface area contributed by atoms with Gasteiger partial charge >= 0.3 is 0 Å². The fourth-order valence-electron chi connectivity index (χ4n) is 2.38. The van der Waals surface area contributed by atoms with Gasteiger partial charge in [0.05, 0.1) is 21.1 Å². The minimum Gasteiger partial charge on any atom is -0.342 e. The number of aromatic amines is 1. The quantitative estimate of drug-likeness (QED) is 0.881. The van der Waals surface area contributed by atoms with Gasteiger partial charge in [-0.25, -0.2) is 4.98 Å². The monoisotopic (exact) mass is 300 g/mol. The van der Waals surface area contributed by atoms with E-state index in [1.165, 1.54) is 24.3 Å². The molecular weight excluding hydrogens is 287 g/mol. The average molecular weight is 301 g/mol. The number of fused-ring (bicyclic) bond motifs is 1. The Morgan fingerprint density at radius 2 is 1.94 bits per heavy atom. The number of benzene rings is 1. The first-order valence-corrected chi connectivity index (χ1v) is 8.05. The summed E-state index contributed by atoms with van der Waals surface area (Å²) < 4.78 is 0. The average Bonchev–Trinajstić information content (AvgIpc) is 2.72. The zero-order valence-corrected chi connectivity index (χ0v) is 12.2. The summed E-state index contributed by atoms with van der Waals surface area (Å²) in [5, 5.41) is 1.14. The summed E-state index contributed by atoms with van der Waals surface area (Å²) in [7, 11) is 0. The molecule has 0 atom stereocenters. The van der Waals surface area contributed by atoms with Crippen molar-refractivity contribution in [1.29, 1.82) is 0 Å². The minimum atomic E-state index is 0.566. The summed E-state index contributed by atoms with van der Waals surface area (Å²) in [5.41, 5.74) is 1.88. The number of imidazole rings is 1. The molecule has 96 valence electrons. The number of H-pyrrole nitrogens is 1. The molecule has 1 N–H and O–H groups in total. The molecule has 0 bridgehead atoms. The van der Waals surface area contributed by atoms with Crippen molar-refractivity contribution >= 4 is 46.0 Å². The van der Waals surface area contributed by atoms with E-state index < -0.39 is 0 Å². The molecule has 0 aliphatic carbocycles. The standard InChI is InChI=1S/C13H14Cl2N2S/c14-9-6-11-12(7-10(9)15)17-13(16-11)5-8-1-3-18-4-2-8/h6-8H,1-5H2,(H,16,17). The van der Waals surface area contributed by atoms with Gasteiger partial charge in [-0.15, -0.1) is 0 Å². The van der Waals surface area contributed by atoms with Gasteiger partial charge in [0, 0.05) is 6.42 Å². The first kappa shape index (κ1) is 12.6. The van der Waals surface area contributed by atoms with E-state index >= 15 is 0 Å². The van der Waals surface area contributed by atoms with Crippen molar-refractivity contribution in [1.82, 2.24) is 9.97 Å². The third-order valence-corrected chi connectivity index (χ3v) is 5.17. The summed E-state index contributed by atoms with van der Waals surface area (Å²) in [6.45, 7) is 0. The van der Waals surface area contributed by atoms with Crippen LogP contribution in [0.3, 0.4) is 0 Å². The molecule has 0 amide bonds. The molecule has 1 aliphatic heterocycles. The van der Waals surface area contributed by atoms with Crippen LogP contribution in [0.15, 0.2) is 12.1 Å². The topological polar surface area (TPSA) is 28.7 Å². The maximum atomic E-state index is 6.01. The second-order valence-corrected chi connectivity index (χ2v) is 6.77. The molecule has 0 unspecified atom stereocenters. The van der Waals surface area contributed by atoms with E-state index in [1.54, 1.807) is 0 Å². The molecule has 0 saturated carbocycles. The van der Waals surface area contributed by atoms with Gasteiger partial charge < -0.3 is 4.98 Å². The lowest BCUT2D eigenvalue weighted by Gasteiger charge is -2.19. The molecule has 1 aromatic heterocycles. The fourth-order valence-corrected chi connectivity index (χ4v) is 3.90. The van der Waals surface area contributed by atoms with Crippen LogP contribution >= 0.6 is 35.0 Å². The van der Waals surface area contributed by atoms with Crippen LogP contribution in [0, 0.1) is 5.92 Å². The van der Waals surface area contributed by atoms with Gasteiger partial charge in [-0.1, -0.05) is 23.2 Å². The van der Waals surface area contributed by atoms with Gasteiger partial charge in [-0.05, 0) is 42.4 Å². The van der Waals surface area contributed by atoms with E-state index in [2.05, 4.69) is 21.7 Å². The second-order valence-electron chi connectivity index (χ2n) is 4.73. The number of thioether (sulfide) groups is 1. The van der Waals surface area contributed by atoms with Crippen LogP contribution in [0.2, 0.25) is 10.0 Å². The Labute approximate surface area is 120 Å². The maximum Gasteiger partial charge on any atom is 0.107 e. The Hall–Kier alpha value is -0.380. The second kappa shape index (κ2) is 5.32. The molecule has 2 heterocycles. The first-order valence-electron chi connectivity index (χ1n) is 6.14. The molecule has 1 fully saturated rings. The highest BCUT2D eigenvalue weighted by atomic mass is 35.5. The van der Waals surface area contributed by atoms with Crippen LogP contribution in [-0.4, -0.2) is 21.5 Å². The highest BCUT2D eigenvalue weighted by Gasteiger charge is 2.16. The molecule has 3 rings (SSSR count). The molecule has 0 radical (unpaired) electrons. The van der Waals surface area contributed by atoms with Crippen LogP contribution in [-0.2, 0) is 6.42 Å². The van der Waals surface area contributed by atoms with Crippen LogP contribution in [0.4, 0.5) is 0 Å². The summed E-state index contributed by atoms with van der Waals surface area (Å²) >= 11 is 14.1.